The maximum atomic E-state index is 2.47. The van der Waals surface area contributed by atoms with Gasteiger partial charge in [-0.2, -0.15) is 0 Å². The van der Waals surface area contributed by atoms with Crippen LogP contribution in [-0.2, 0) is 16.2 Å². The lowest BCUT2D eigenvalue weighted by Crippen LogP contribution is -2.44. The van der Waals surface area contributed by atoms with E-state index in [0.29, 0.717) is 0 Å². The van der Waals surface area contributed by atoms with Crippen molar-refractivity contribution >= 4 is 48.6 Å². The first kappa shape index (κ1) is 28.6. The molecule has 1 heterocycles. The summed E-state index contributed by atoms with van der Waals surface area (Å²) in [5.74, 6) is 0. The molecule has 6 aromatic carbocycles. The highest BCUT2D eigenvalue weighted by molar-refractivity contribution is 7.25. The Balaban J connectivity index is 1.27. The van der Waals surface area contributed by atoms with Crippen LogP contribution in [0.15, 0.2) is 127 Å². The Bertz CT molecular complexity index is 2390. The number of hydrogen-bond donors (Lipinski definition) is 0. The Hall–Kier alpha value is -4.66. The van der Waals surface area contributed by atoms with Crippen LogP contribution in [-0.4, -0.2) is 0 Å². The Morgan fingerprint density at radius 2 is 1.11 bits per heavy atom. The summed E-state index contributed by atoms with van der Waals surface area (Å²) in [5.41, 5.74) is 14.7. The number of benzene rings is 6. The third-order valence-corrected chi connectivity index (χ3v) is 12.9. The average molecular weight is 626 g/mol. The van der Waals surface area contributed by atoms with Gasteiger partial charge in [0.1, 0.15) is 0 Å². The lowest BCUT2D eigenvalue weighted by molar-refractivity contribution is 0.299. The molecule has 0 bridgehead atoms. The van der Waals surface area contributed by atoms with Crippen molar-refractivity contribution in [2.75, 3.05) is 4.90 Å². The van der Waals surface area contributed by atoms with Gasteiger partial charge < -0.3 is 4.90 Å². The van der Waals surface area contributed by atoms with Crippen molar-refractivity contribution in [3.63, 3.8) is 0 Å². The van der Waals surface area contributed by atoms with E-state index in [9.17, 15) is 0 Å². The second-order valence-electron chi connectivity index (χ2n) is 15.0. The van der Waals surface area contributed by atoms with Crippen molar-refractivity contribution < 1.29 is 0 Å². The lowest BCUT2D eigenvalue weighted by atomic mass is 9.54. The highest BCUT2D eigenvalue weighted by Gasteiger charge is 2.50. The number of hydrogen-bond acceptors (Lipinski definition) is 2. The number of fused-ring (bicyclic) bond motifs is 10. The topological polar surface area (TPSA) is 3.24 Å². The smallest absolute Gasteiger partial charge is 0.0468 e. The van der Waals surface area contributed by atoms with Crippen molar-refractivity contribution in [2.45, 2.75) is 57.8 Å². The Morgan fingerprint density at radius 1 is 0.447 bits per heavy atom. The molecule has 47 heavy (non-hydrogen) atoms. The largest absolute Gasteiger partial charge is 0.310 e. The van der Waals surface area contributed by atoms with Gasteiger partial charge in [-0.25, -0.2) is 0 Å². The maximum absolute atomic E-state index is 2.47. The fourth-order valence-electron chi connectivity index (χ4n) is 8.62. The molecule has 2 heteroatoms. The molecule has 230 valence electrons. The summed E-state index contributed by atoms with van der Waals surface area (Å²) < 4.78 is 2.66. The first-order chi connectivity index (χ1) is 22.6. The SMILES string of the molecule is CC1(C)c2cc(N(c3ccccc3)c3ccc4sc5ccccc5c4c3)ccc2-c2c1ccc1c2C(C)(C)C(C)(C)c2ccccc2-1. The van der Waals surface area contributed by atoms with Crippen molar-refractivity contribution in [3.8, 4) is 22.3 Å². The van der Waals surface area contributed by atoms with E-state index in [4.69, 9.17) is 0 Å². The molecular formula is C45H39NS. The highest BCUT2D eigenvalue weighted by atomic mass is 32.1. The molecule has 9 rings (SSSR count). The van der Waals surface area contributed by atoms with E-state index in [1.807, 2.05) is 11.3 Å². The quantitative estimate of drug-likeness (QED) is 0.189. The van der Waals surface area contributed by atoms with Gasteiger partial charge in [-0.1, -0.05) is 120 Å². The Morgan fingerprint density at radius 3 is 1.94 bits per heavy atom. The van der Waals surface area contributed by atoms with Crippen molar-refractivity contribution in [2.24, 2.45) is 0 Å². The van der Waals surface area contributed by atoms with Crippen molar-refractivity contribution in [3.05, 3.63) is 150 Å². The lowest BCUT2D eigenvalue weighted by Gasteiger charge is -2.49. The average Bonchev–Trinajstić information content (AvgIpc) is 3.56. The minimum absolute atomic E-state index is 0.0207. The molecule has 0 spiro atoms. The summed E-state index contributed by atoms with van der Waals surface area (Å²) in [6, 6.07) is 47.7. The molecule has 7 aromatic rings. The molecule has 0 fully saturated rings. The van der Waals surface area contributed by atoms with E-state index in [0.717, 1.165) is 5.69 Å². The van der Waals surface area contributed by atoms with Gasteiger partial charge >= 0.3 is 0 Å². The van der Waals surface area contributed by atoms with Gasteiger partial charge in [0, 0.05) is 48.1 Å². The monoisotopic (exact) mass is 625 g/mol. The summed E-state index contributed by atoms with van der Waals surface area (Å²) >= 11 is 1.87. The summed E-state index contributed by atoms with van der Waals surface area (Å²) in [5, 5.41) is 2.64. The Labute approximate surface area is 282 Å². The van der Waals surface area contributed by atoms with E-state index in [-0.39, 0.29) is 16.2 Å². The molecule has 0 atom stereocenters. The van der Waals surface area contributed by atoms with Crippen molar-refractivity contribution in [1.29, 1.82) is 0 Å². The van der Waals surface area contributed by atoms with Gasteiger partial charge in [0.2, 0.25) is 0 Å². The number of rotatable bonds is 3. The molecule has 0 radical (unpaired) electrons. The maximum Gasteiger partial charge on any atom is 0.0468 e. The van der Waals surface area contributed by atoms with Crippen LogP contribution in [0.4, 0.5) is 17.1 Å². The van der Waals surface area contributed by atoms with Crippen LogP contribution >= 0.6 is 11.3 Å². The summed E-state index contributed by atoms with van der Waals surface area (Å²) in [7, 11) is 0. The van der Waals surface area contributed by atoms with Crippen LogP contribution in [0.1, 0.15) is 63.8 Å². The zero-order chi connectivity index (χ0) is 32.3. The first-order valence-electron chi connectivity index (χ1n) is 16.8. The third kappa shape index (κ3) is 3.82. The summed E-state index contributed by atoms with van der Waals surface area (Å²) in [6.07, 6.45) is 0. The predicted molar refractivity (Wildman–Crippen MR) is 203 cm³/mol. The standard InChI is InChI=1S/C45H39NS/c1-43(2)37-24-23-33-31-16-10-12-18-36(31)44(3,4)45(5,6)42(33)41(37)34-22-20-30(27-38(34)43)46(28-14-8-7-9-15-28)29-21-25-40-35(26-29)32-17-11-13-19-39(32)47-40/h7-27H,1-6H3. The normalized spacial score (nSPS) is 16.4. The molecule has 0 unspecified atom stereocenters. The number of thiophene rings is 1. The third-order valence-electron chi connectivity index (χ3n) is 11.8. The minimum Gasteiger partial charge on any atom is -0.310 e. The molecule has 1 nitrogen and oxygen atoms in total. The fraction of sp³-hybridized carbons (Fsp3) is 0.200. The second-order valence-corrected chi connectivity index (χ2v) is 16.1. The first-order valence-corrected chi connectivity index (χ1v) is 17.6. The summed E-state index contributed by atoms with van der Waals surface area (Å²) in [6.45, 7) is 14.6. The van der Waals surface area contributed by atoms with E-state index in [2.05, 4.69) is 174 Å². The predicted octanol–water partition coefficient (Wildman–Crippen LogP) is 13.1. The number of para-hydroxylation sites is 1. The zero-order valence-electron chi connectivity index (χ0n) is 28.0. The van der Waals surface area contributed by atoms with Crippen LogP contribution in [0, 0.1) is 0 Å². The van der Waals surface area contributed by atoms with Gasteiger partial charge in [0.15, 0.2) is 0 Å². The minimum atomic E-state index is -0.136. The summed E-state index contributed by atoms with van der Waals surface area (Å²) in [4.78, 5) is 2.43. The molecule has 0 saturated carbocycles. The van der Waals surface area contributed by atoms with Crippen LogP contribution in [0.3, 0.4) is 0 Å². The number of anilines is 3. The van der Waals surface area contributed by atoms with Crippen LogP contribution in [0.25, 0.3) is 42.4 Å². The van der Waals surface area contributed by atoms with E-state index in [1.54, 1.807) is 0 Å². The molecule has 0 aliphatic heterocycles. The van der Waals surface area contributed by atoms with Gasteiger partial charge in [-0.3, -0.25) is 0 Å². The molecule has 0 saturated heterocycles. The molecule has 0 N–H and O–H groups in total. The molecule has 0 amide bonds. The van der Waals surface area contributed by atoms with E-state index in [1.165, 1.54) is 76.1 Å². The van der Waals surface area contributed by atoms with Gasteiger partial charge in [0.05, 0.1) is 0 Å². The molecular weight excluding hydrogens is 587 g/mol. The zero-order valence-corrected chi connectivity index (χ0v) is 28.8. The van der Waals surface area contributed by atoms with Crippen LogP contribution in [0.5, 0.6) is 0 Å². The molecule has 1 aromatic heterocycles. The van der Waals surface area contributed by atoms with E-state index >= 15 is 0 Å². The van der Waals surface area contributed by atoms with Gasteiger partial charge in [-0.05, 0) is 98.5 Å². The molecule has 2 aliphatic rings. The number of nitrogens with zero attached hydrogens (tertiary/aromatic N) is 1. The Kier molecular flexibility index (Phi) is 5.88. The van der Waals surface area contributed by atoms with E-state index < -0.39 is 0 Å². The fourth-order valence-corrected chi connectivity index (χ4v) is 9.70. The van der Waals surface area contributed by atoms with Crippen LogP contribution < -0.4 is 4.90 Å². The highest BCUT2D eigenvalue weighted by Crippen LogP contribution is 2.61. The molecule has 2 aliphatic carbocycles. The van der Waals surface area contributed by atoms with Gasteiger partial charge in [0.25, 0.3) is 0 Å². The second kappa shape index (κ2) is 9.69. The van der Waals surface area contributed by atoms with Crippen molar-refractivity contribution in [1.82, 2.24) is 0 Å². The van der Waals surface area contributed by atoms with Gasteiger partial charge in [-0.15, -0.1) is 11.3 Å². The van der Waals surface area contributed by atoms with Crippen LogP contribution in [0.2, 0.25) is 0 Å².